The maximum absolute atomic E-state index is 12.5. The average molecular weight is 412 g/mol. The number of unbranched alkanes of at least 4 members (excludes halogenated alkanes) is 1. The highest BCUT2D eigenvalue weighted by atomic mass is 16.5. The maximum atomic E-state index is 12.5. The van der Waals surface area contributed by atoms with Gasteiger partial charge in [0.05, 0.1) is 12.8 Å². The number of carbonyl (C=O) groups excluding carboxylic acids is 2. The van der Waals surface area contributed by atoms with Crippen LogP contribution in [0.3, 0.4) is 0 Å². The van der Waals surface area contributed by atoms with Crippen LogP contribution < -0.4 is 15.4 Å². The lowest BCUT2D eigenvalue weighted by atomic mass is 10.1. The first-order valence-electron chi connectivity index (χ1n) is 10.5. The van der Waals surface area contributed by atoms with E-state index in [4.69, 9.17) is 4.74 Å². The molecule has 2 aromatic rings. The normalized spacial score (nSPS) is 13.8. The minimum Gasteiger partial charge on any atom is -0.491 e. The van der Waals surface area contributed by atoms with E-state index in [0.29, 0.717) is 30.2 Å². The molecule has 1 fully saturated rings. The van der Waals surface area contributed by atoms with Crippen molar-refractivity contribution in [3.05, 3.63) is 48.3 Å². The minimum atomic E-state index is -0.222. The summed E-state index contributed by atoms with van der Waals surface area (Å²) in [4.78, 5) is 24.7. The molecular formula is C22H29N5O3. The summed E-state index contributed by atoms with van der Waals surface area (Å²) in [7, 11) is 0. The number of nitrogens with one attached hydrogen (secondary N) is 2. The summed E-state index contributed by atoms with van der Waals surface area (Å²) in [5.74, 6) is 0.117. The van der Waals surface area contributed by atoms with Crippen molar-refractivity contribution in [1.29, 1.82) is 0 Å². The van der Waals surface area contributed by atoms with Gasteiger partial charge in [0.1, 0.15) is 11.4 Å². The summed E-state index contributed by atoms with van der Waals surface area (Å²) in [5.41, 5.74) is 1.38. The van der Waals surface area contributed by atoms with Crippen LogP contribution in [0.5, 0.6) is 5.75 Å². The highest BCUT2D eigenvalue weighted by Crippen LogP contribution is 2.25. The summed E-state index contributed by atoms with van der Waals surface area (Å²) in [5, 5.41) is 13.9. The van der Waals surface area contributed by atoms with Gasteiger partial charge in [0, 0.05) is 18.2 Å². The zero-order valence-electron chi connectivity index (χ0n) is 17.4. The number of carbonyl (C=O) groups is 2. The zero-order valence-corrected chi connectivity index (χ0v) is 17.4. The molecule has 0 bridgehead atoms. The van der Waals surface area contributed by atoms with E-state index in [2.05, 4.69) is 27.5 Å². The first-order valence-corrected chi connectivity index (χ1v) is 10.5. The number of nitrogens with zero attached hydrogens (tertiary/aromatic N) is 3. The van der Waals surface area contributed by atoms with Gasteiger partial charge in [-0.3, -0.25) is 9.59 Å². The van der Waals surface area contributed by atoms with E-state index >= 15 is 0 Å². The molecule has 0 spiro atoms. The van der Waals surface area contributed by atoms with Gasteiger partial charge in [0.25, 0.3) is 11.8 Å². The Morgan fingerprint density at radius 1 is 1.30 bits per heavy atom. The smallest absolute Gasteiger partial charge is 0.273 e. The Labute approximate surface area is 176 Å². The van der Waals surface area contributed by atoms with Crippen LogP contribution in [0, 0.1) is 0 Å². The lowest BCUT2D eigenvalue weighted by molar-refractivity contribution is 0.0930. The summed E-state index contributed by atoms with van der Waals surface area (Å²) < 4.78 is 7.43. The number of amides is 2. The van der Waals surface area contributed by atoms with Gasteiger partial charge >= 0.3 is 0 Å². The third kappa shape index (κ3) is 5.46. The van der Waals surface area contributed by atoms with Gasteiger partial charge in [-0.15, -0.1) is 11.7 Å². The van der Waals surface area contributed by atoms with Crippen molar-refractivity contribution in [1.82, 2.24) is 25.6 Å². The van der Waals surface area contributed by atoms with Crippen LogP contribution in [0.1, 0.15) is 66.3 Å². The molecule has 2 N–H and O–H groups in total. The lowest BCUT2D eigenvalue weighted by Gasteiger charge is -2.13. The van der Waals surface area contributed by atoms with Crippen LogP contribution >= 0.6 is 0 Å². The maximum Gasteiger partial charge on any atom is 0.273 e. The number of aromatic nitrogens is 3. The molecule has 1 aromatic heterocycles. The molecule has 1 heterocycles. The van der Waals surface area contributed by atoms with Crippen LogP contribution in [0.15, 0.2) is 37.1 Å². The Morgan fingerprint density at radius 2 is 2.10 bits per heavy atom. The fourth-order valence-electron chi connectivity index (χ4n) is 3.45. The van der Waals surface area contributed by atoms with E-state index in [1.165, 1.54) is 4.68 Å². The van der Waals surface area contributed by atoms with Crippen LogP contribution in [-0.4, -0.2) is 46.0 Å². The Hall–Kier alpha value is -3.16. The van der Waals surface area contributed by atoms with Crippen molar-refractivity contribution in [3.63, 3.8) is 0 Å². The second-order valence-electron chi connectivity index (χ2n) is 7.32. The summed E-state index contributed by atoms with van der Waals surface area (Å²) in [6, 6.07) is 5.36. The molecule has 8 heteroatoms. The Bertz CT molecular complexity index is 887. The molecule has 0 radical (unpaired) electrons. The van der Waals surface area contributed by atoms with E-state index < -0.39 is 0 Å². The first-order chi connectivity index (χ1) is 14.6. The first kappa shape index (κ1) is 21.5. The third-order valence-corrected chi connectivity index (χ3v) is 5.03. The van der Waals surface area contributed by atoms with Crippen LogP contribution in [0.4, 0.5) is 0 Å². The molecule has 0 aliphatic heterocycles. The minimum absolute atomic E-state index is 0.171. The Kier molecular flexibility index (Phi) is 7.59. The van der Waals surface area contributed by atoms with Crippen molar-refractivity contribution in [3.8, 4) is 11.4 Å². The molecule has 8 nitrogen and oxygen atoms in total. The predicted molar refractivity (Wildman–Crippen MR) is 114 cm³/mol. The highest BCUT2D eigenvalue weighted by Gasteiger charge is 2.21. The summed E-state index contributed by atoms with van der Waals surface area (Å²) in [6.45, 7) is 6.60. The predicted octanol–water partition coefficient (Wildman–Crippen LogP) is 3.03. The quantitative estimate of drug-likeness (QED) is 0.463. The number of benzene rings is 1. The highest BCUT2D eigenvalue weighted by molar-refractivity contribution is 5.95. The van der Waals surface area contributed by atoms with Gasteiger partial charge in [-0.1, -0.05) is 24.1 Å². The number of hydrogen-bond acceptors (Lipinski definition) is 5. The van der Waals surface area contributed by atoms with Crippen molar-refractivity contribution in [2.75, 3.05) is 13.2 Å². The number of allylic oxidation sites excluding steroid dienone is 1. The van der Waals surface area contributed by atoms with E-state index in [9.17, 15) is 9.59 Å². The van der Waals surface area contributed by atoms with Gasteiger partial charge in [-0.2, -0.15) is 0 Å². The second kappa shape index (κ2) is 10.6. The standard InChI is InChI=1S/C22H29N5O3/c1-3-5-8-13-30-20-14-16(21(28)23-4-2)11-12-19(20)27-15-18(25-26-27)22(29)24-17-9-6-7-10-17/h3,11-12,14-15,17H,1,4-10,13H2,2H3,(H,23,28)(H,24,29). The molecule has 0 unspecified atom stereocenters. The zero-order chi connectivity index (χ0) is 21.3. The lowest BCUT2D eigenvalue weighted by Crippen LogP contribution is -2.32. The Morgan fingerprint density at radius 3 is 2.83 bits per heavy atom. The topological polar surface area (TPSA) is 98.1 Å². The second-order valence-corrected chi connectivity index (χ2v) is 7.32. The van der Waals surface area contributed by atoms with Crippen LogP contribution in [0.25, 0.3) is 5.69 Å². The molecule has 0 atom stereocenters. The molecule has 3 rings (SSSR count). The molecule has 2 amide bonds. The van der Waals surface area contributed by atoms with Crippen LogP contribution in [0.2, 0.25) is 0 Å². The molecule has 0 saturated heterocycles. The molecule has 1 aromatic carbocycles. The molecule has 1 saturated carbocycles. The number of hydrogen-bond donors (Lipinski definition) is 2. The monoisotopic (exact) mass is 411 g/mol. The van der Waals surface area contributed by atoms with Gasteiger partial charge < -0.3 is 15.4 Å². The average Bonchev–Trinajstić information content (AvgIpc) is 3.43. The van der Waals surface area contributed by atoms with Crippen molar-refractivity contribution >= 4 is 11.8 Å². The molecule has 1 aliphatic carbocycles. The van der Waals surface area contributed by atoms with Crippen molar-refractivity contribution < 1.29 is 14.3 Å². The summed E-state index contributed by atoms with van der Waals surface area (Å²) >= 11 is 0. The summed E-state index contributed by atoms with van der Waals surface area (Å²) in [6.07, 6.45) is 9.35. The Balaban J connectivity index is 1.80. The number of rotatable bonds is 10. The van der Waals surface area contributed by atoms with E-state index in [1.807, 2.05) is 13.0 Å². The van der Waals surface area contributed by atoms with Crippen molar-refractivity contribution in [2.24, 2.45) is 0 Å². The van der Waals surface area contributed by atoms with Gasteiger partial charge in [-0.25, -0.2) is 4.68 Å². The fraction of sp³-hybridized carbons (Fsp3) is 0.455. The molecular weight excluding hydrogens is 382 g/mol. The largest absolute Gasteiger partial charge is 0.491 e. The molecule has 30 heavy (non-hydrogen) atoms. The van der Waals surface area contributed by atoms with E-state index in [-0.39, 0.29) is 23.6 Å². The third-order valence-electron chi connectivity index (χ3n) is 5.03. The van der Waals surface area contributed by atoms with Crippen molar-refractivity contribution in [2.45, 2.75) is 51.5 Å². The fourth-order valence-corrected chi connectivity index (χ4v) is 3.45. The van der Waals surface area contributed by atoms with Gasteiger partial charge in [0.2, 0.25) is 0 Å². The van der Waals surface area contributed by atoms with E-state index in [1.54, 1.807) is 24.4 Å². The van der Waals surface area contributed by atoms with Gasteiger partial charge in [0.15, 0.2) is 5.69 Å². The van der Waals surface area contributed by atoms with Crippen LogP contribution in [-0.2, 0) is 0 Å². The molecule has 160 valence electrons. The number of ether oxygens (including phenoxy) is 1. The van der Waals surface area contributed by atoms with E-state index in [0.717, 1.165) is 38.5 Å². The molecule has 1 aliphatic rings. The SMILES string of the molecule is C=CCCCOc1cc(C(=O)NCC)ccc1-n1cc(C(=O)NC2CCCC2)nn1. The van der Waals surface area contributed by atoms with Gasteiger partial charge in [-0.05, 0) is 50.8 Å².